The third kappa shape index (κ3) is 5.89. The van der Waals surface area contributed by atoms with E-state index in [9.17, 15) is 27.3 Å². The zero-order chi connectivity index (χ0) is 31.2. The number of amides is 1. The minimum Gasteiger partial charge on any atom is -0.477 e. The number of alkyl halides is 2. The number of thiocarbonyl (C=S) groups is 1. The first-order valence-corrected chi connectivity index (χ1v) is 15.4. The molecule has 0 N–H and O–H groups in total. The van der Waals surface area contributed by atoms with Crippen LogP contribution in [-0.2, 0) is 27.0 Å². The highest BCUT2D eigenvalue weighted by molar-refractivity contribution is 7.90. The Morgan fingerprint density at radius 2 is 1.86 bits per heavy atom. The van der Waals surface area contributed by atoms with E-state index in [-0.39, 0.29) is 57.6 Å². The summed E-state index contributed by atoms with van der Waals surface area (Å²) in [5, 5.41) is 9.39. The van der Waals surface area contributed by atoms with E-state index in [1.54, 1.807) is 26.8 Å². The van der Waals surface area contributed by atoms with Crippen LogP contribution in [0.2, 0.25) is 0 Å². The standard InChI is InChI=1S/C28H28F3N5O4S2/c1-6-22-33-23-19(24(34-22)40-10-7-11-42(5,38)39)12-18(14-21(23)29)36-26(41)35(25(37)27(36,2)3)17-9-8-16(15-32)20(13-17)28(4,30)31/h8-9,12-14H,6-7,10-11H2,1-5H3. The molecule has 222 valence electrons. The zero-order valence-electron chi connectivity index (χ0n) is 23.5. The molecule has 9 nitrogen and oxygen atoms in total. The van der Waals surface area contributed by atoms with Crippen molar-refractivity contribution in [1.82, 2.24) is 9.97 Å². The van der Waals surface area contributed by atoms with E-state index in [4.69, 9.17) is 17.0 Å². The van der Waals surface area contributed by atoms with Gasteiger partial charge in [-0.25, -0.2) is 26.6 Å². The number of sulfone groups is 1. The summed E-state index contributed by atoms with van der Waals surface area (Å²) in [5.41, 5.74) is -2.02. The van der Waals surface area contributed by atoms with Gasteiger partial charge in [0.1, 0.15) is 26.7 Å². The molecule has 1 amide bonds. The van der Waals surface area contributed by atoms with Crippen molar-refractivity contribution in [1.29, 1.82) is 5.26 Å². The number of fused-ring (bicyclic) bond motifs is 1. The lowest BCUT2D eigenvalue weighted by Crippen LogP contribution is -2.44. The Morgan fingerprint density at radius 1 is 1.17 bits per heavy atom. The molecule has 1 fully saturated rings. The van der Waals surface area contributed by atoms with Crippen LogP contribution in [0.1, 0.15) is 51.1 Å². The van der Waals surface area contributed by atoms with Gasteiger partial charge in [0, 0.05) is 30.9 Å². The summed E-state index contributed by atoms with van der Waals surface area (Å²) in [6.45, 7) is 5.55. The Bertz CT molecular complexity index is 1750. The molecule has 0 radical (unpaired) electrons. The van der Waals surface area contributed by atoms with Crippen molar-refractivity contribution < 1.29 is 31.1 Å². The molecule has 2 heterocycles. The van der Waals surface area contributed by atoms with Gasteiger partial charge in [0.2, 0.25) is 5.88 Å². The fraction of sp³-hybridized carbons (Fsp3) is 0.393. The predicted octanol–water partition coefficient (Wildman–Crippen LogP) is 5.04. The molecular weight excluding hydrogens is 591 g/mol. The van der Waals surface area contributed by atoms with Crippen molar-refractivity contribution in [3.8, 4) is 11.9 Å². The number of ether oxygens (including phenoxy) is 1. The maximum atomic E-state index is 15.6. The number of benzene rings is 2. The number of hydrogen-bond donors (Lipinski definition) is 0. The van der Waals surface area contributed by atoms with E-state index in [1.165, 1.54) is 23.1 Å². The van der Waals surface area contributed by atoms with Gasteiger partial charge in [-0.2, -0.15) is 10.2 Å². The van der Waals surface area contributed by atoms with Gasteiger partial charge in [0.25, 0.3) is 11.8 Å². The van der Waals surface area contributed by atoms with Gasteiger partial charge in [0.05, 0.1) is 35.1 Å². The van der Waals surface area contributed by atoms with Crippen LogP contribution in [0.15, 0.2) is 30.3 Å². The largest absolute Gasteiger partial charge is 0.477 e. The van der Waals surface area contributed by atoms with Crippen LogP contribution in [0.3, 0.4) is 0 Å². The molecule has 1 aliphatic rings. The van der Waals surface area contributed by atoms with E-state index in [2.05, 4.69) is 9.97 Å². The summed E-state index contributed by atoms with van der Waals surface area (Å²) >= 11 is 5.65. The Kier molecular flexibility index (Phi) is 8.23. The highest BCUT2D eigenvalue weighted by Crippen LogP contribution is 2.41. The van der Waals surface area contributed by atoms with E-state index in [1.807, 2.05) is 0 Å². The number of carbonyl (C=O) groups excluding carboxylic acids is 1. The number of aromatic nitrogens is 2. The highest BCUT2D eigenvalue weighted by Gasteiger charge is 2.50. The van der Waals surface area contributed by atoms with E-state index in [0.717, 1.165) is 23.3 Å². The molecule has 0 bridgehead atoms. The molecule has 0 saturated carbocycles. The van der Waals surface area contributed by atoms with Gasteiger partial charge in [-0.3, -0.25) is 9.69 Å². The Labute approximate surface area is 246 Å². The van der Waals surface area contributed by atoms with Gasteiger partial charge in [0.15, 0.2) is 10.9 Å². The normalized spacial score (nSPS) is 15.4. The van der Waals surface area contributed by atoms with Crippen LogP contribution < -0.4 is 14.5 Å². The van der Waals surface area contributed by atoms with Gasteiger partial charge >= 0.3 is 0 Å². The van der Waals surface area contributed by atoms with Crippen LogP contribution in [0.4, 0.5) is 24.5 Å². The van der Waals surface area contributed by atoms with E-state index >= 15 is 4.39 Å². The first-order valence-electron chi connectivity index (χ1n) is 12.9. The molecule has 0 unspecified atom stereocenters. The van der Waals surface area contributed by atoms with Gasteiger partial charge in [-0.15, -0.1) is 0 Å². The topological polar surface area (TPSA) is 116 Å². The average Bonchev–Trinajstić information content (AvgIpc) is 3.08. The molecule has 42 heavy (non-hydrogen) atoms. The van der Waals surface area contributed by atoms with Crippen LogP contribution >= 0.6 is 12.2 Å². The Hall–Kier alpha value is -3.83. The quantitative estimate of drug-likeness (QED) is 0.240. The lowest BCUT2D eigenvalue weighted by Gasteiger charge is -2.29. The molecule has 1 aliphatic heterocycles. The van der Waals surface area contributed by atoms with Crippen molar-refractivity contribution in [3.05, 3.63) is 53.1 Å². The average molecular weight is 620 g/mol. The van der Waals surface area contributed by atoms with E-state index in [0.29, 0.717) is 19.2 Å². The van der Waals surface area contributed by atoms with Gasteiger partial charge in [-0.1, -0.05) is 6.92 Å². The maximum Gasteiger partial charge on any atom is 0.271 e. The minimum absolute atomic E-state index is 0.00282. The van der Waals surface area contributed by atoms with Crippen LogP contribution in [0.25, 0.3) is 10.9 Å². The highest BCUT2D eigenvalue weighted by atomic mass is 32.2. The molecule has 4 rings (SSSR count). The molecule has 0 atom stereocenters. The molecule has 14 heteroatoms. The summed E-state index contributed by atoms with van der Waals surface area (Å²) in [7, 11) is -3.21. The van der Waals surface area contributed by atoms with Gasteiger partial charge in [-0.05, 0) is 62.8 Å². The fourth-order valence-corrected chi connectivity index (χ4v) is 5.83. The lowest BCUT2D eigenvalue weighted by molar-refractivity contribution is -0.120. The second-order valence-electron chi connectivity index (χ2n) is 10.5. The van der Waals surface area contributed by atoms with Crippen molar-refractivity contribution >= 4 is 55.4 Å². The molecule has 1 aromatic heterocycles. The number of nitriles is 1. The summed E-state index contributed by atoms with van der Waals surface area (Å²) in [6.07, 6.45) is 1.68. The Balaban J connectivity index is 1.80. The smallest absolute Gasteiger partial charge is 0.271 e. The number of anilines is 2. The second kappa shape index (κ2) is 11.1. The molecule has 3 aromatic rings. The summed E-state index contributed by atoms with van der Waals surface area (Å²) in [4.78, 5) is 24.8. The molecule has 0 aliphatic carbocycles. The monoisotopic (exact) mass is 619 g/mol. The number of hydrogen-bond acceptors (Lipinski definition) is 8. The van der Waals surface area contributed by atoms with Crippen LogP contribution in [0, 0.1) is 17.1 Å². The number of aryl methyl sites for hydroxylation is 1. The van der Waals surface area contributed by atoms with Crippen molar-refractivity contribution in [2.24, 2.45) is 0 Å². The van der Waals surface area contributed by atoms with E-state index < -0.39 is 38.6 Å². The minimum atomic E-state index is -3.36. The van der Waals surface area contributed by atoms with Crippen LogP contribution in [0.5, 0.6) is 5.88 Å². The third-order valence-electron chi connectivity index (χ3n) is 6.75. The predicted molar refractivity (Wildman–Crippen MR) is 156 cm³/mol. The van der Waals surface area contributed by atoms with Crippen LogP contribution in [-0.4, -0.2) is 53.6 Å². The number of carbonyl (C=O) groups is 1. The lowest BCUT2D eigenvalue weighted by atomic mass is 10.0. The van der Waals surface area contributed by atoms with Crippen molar-refractivity contribution in [3.63, 3.8) is 0 Å². The fourth-order valence-electron chi connectivity index (χ4n) is 4.67. The summed E-state index contributed by atoms with van der Waals surface area (Å²) < 4.78 is 73.0. The SMILES string of the molecule is CCc1nc(OCCCS(C)(=O)=O)c2cc(N3C(=S)N(c4ccc(C#N)c(C(C)(F)F)c4)C(=O)C3(C)C)cc(F)c2n1. The van der Waals surface area contributed by atoms with Crippen molar-refractivity contribution in [2.45, 2.75) is 52.0 Å². The third-order valence-corrected chi connectivity index (χ3v) is 8.14. The molecule has 0 spiro atoms. The molecule has 1 saturated heterocycles. The molecular formula is C28H28F3N5O4S2. The number of nitrogens with zero attached hydrogens (tertiary/aromatic N) is 5. The first kappa shape index (κ1) is 31.1. The number of rotatable bonds is 9. The second-order valence-corrected chi connectivity index (χ2v) is 13.1. The first-order chi connectivity index (χ1) is 19.5. The molecule has 2 aromatic carbocycles. The Morgan fingerprint density at radius 3 is 2.45 bits per heavy atom. The van der Waals surface area contributed by atoms with Crippen molar-refractivity contribution in [2.75, 3.05) is 28.4 Å². The van der Waals surface area contributed by atoms with Gasteiger partial charge < -0.3 is 9.64 Å². The summed E-state index contributed by atoms with van der Waals surface area (Å²) in [6, 6.07) is 8.00. The maximum absolute atomic E-state index is 15.6. The number of halogens is 3. The zero-order valence-corrected chi connectivity index (χ0v) is 25.2. The summed E-state index contributed by atoms with van der Waals surface area (Å²) in [5.74, 6) is -4.41.